The van der Waals surface area contributed by atoms with Crippen LogP contribution in [0.25, 0.3) is 16.9 Å². The van der Waals surface area contributed by atoms with Gasteiger partial charge in [-0.1, -0.05) is 18.3 Å². The first-order chi connectivity index (χ1) is 17.9. The Balaban J connectivity index is 1.39. The van der Waals surface area contributed by atoms with Crippen molar-refractivity contribution in [1.82, 2.24) is 19.7 Å². The topological polar surface area (TPSA) is 72.5 Å². The number of benzene rings is 1. The van der Waals surface area contributed by atoms with Crippen LogP contribution in [-0.2, 0) is 6.42 Å². The van der Waals surface area contributed by atoms with E-state index >= 15 is 0 Å². The summed E-state index contributed by atoms with van der Waals surface area (Å²) in [5.74, 6) is 0.649. The normalized spacial score (nSPS) is 16.7. The predicted molar refractivity (Wildman–Crippen MR) is 146 cm³/mol. The summed E-state index contributed by atoms with van der Waals surface area (Å²) in [5, 5.41) is 14.0. The summed E-state index contributed by atoms with van der Waals surface area (Å²) in [6, 6.07) is 10.6. The largest absolute Gasteiger partial charge is 0.369 e. The van der Waals surface area contributed by atoms with E-state index in [0.717, 1.165) is 60.9 Å². The number of anilines is 3. The fourth-order valence-electron chi connectivity index (χ4n) is 5.73. The Bertz CT molecular complexity index is 1500. The second-order valence-electron chi connectivity index (χ2n) is 10.3. The summed E-state index contributed by atoms with van der Waals surface area (Å²) in [4.78, 5) is 14.8. The van der Waals surface area contributed by atoms with E-state index in [1.807, 2.05) is 11.9 Å². The highest BCUT2D eigenvalue weighted by atomic mass is 32.1. The molecule has 6 rings (SSSR count). The van der Waals surface area contributed by atoms with E-state index in [-0.39, 0.29) is 5.82 Å². The van der Waals surface area contributed by atoms with Crippen LogP contribution in [0.1, 0.15) is 35.9 Å². The van der Waals surface area contributed by atoms with Crippen molar-refractivity contribution in [3.8, 4) is 17.3 Å². The van der Waals surface area contributed by atoms with Gasteiger partial charge in [0.15, 0.2) is 5.13 Å². The second kappa shape index (κ2) is 9.12. The van der Waals surface area contributed by atoms with Gasteiger partial charge in [0, 0.05) is 37.3 Å². The molecule has 4 aromatic rings. The minimum Gasteiger partial charge on any atom is -0.369 e. The van der Waals surface area contributed by atoms with Gasteiger partial charge in [-0.2, -0.15) is 5.26 Å². The van der Waals surface area contributed by atoms with Crippen LogP contribution in [0.2, 0.25) is 0 Å². The molecule has 2 aliphatic heterocycles. The molecule has 1 spiro atoms. The number of nitrogens with zero attached hydrogens (tertiary/aromatic N) is 6. The Morgan fingerprint density at radius 1 is 1.19 bits per heavy atom. The molecule has 0 saturated carbocycles. The molecule has 0 radical (unpaired) electrons. The summed E-state index contributed by atoms with van der Waals surface area (Å²) in [7, 11) is 1.98. The van der Waals surface area contributed by atoms with Crippen molar-refractivity contribution >= 4 is 33.6 Å². The Morgan fingerprint density at radius 3 is 2.59 bits per heavy atom. The highest BCUT2D eigenvalue weighted by molar-refractivity contribution is 7.16. The SMILES string of the molecule is CCc1nc2c(C)cc(N3CC4(CCNCC4)C3)cn2c1N(C)c1nc(-c2ccc(F)cc2)c(C#N)s1. The number of rotatable bonds is 5. The Kier molecular flexibility index (Phi) is 5.89. The van der Waals surface area contributed by atoms with Crippen LogP contribution in [0, 0.1) is 29.5 Å². The zero-order chi connectivity index (χ0) is 25.7. The third-order valence-corrected chi connectivity index (χ3v) is 8.83. The first kappa shape index (κ1) is 23.9. The summed E-state index contributed by atoms with van der Waals surface area (Å²) < 4.78 is 15.7. The number of aryl methyl sites for hydroxylation is 2. The Hall–Kier alpha value is -3.48. The molecule has 0 atom stereocenters. The molecule has 2 aliphatic rings. The van der Waals surface area contributed by atoms with Crippen molar-refractivity contribution in [2.75, 3.05) is 43.0 Å². The molecular formula is C28H30FN7S. The monoisotopic (exact) mass is 515 g/mol. The number of hydrogen-bond acceptors (Lipinski definition) is 7. The van der Waals surface area contributed by atoms with E-state index in [1.165, 1.54) is 42.0 Å². The van der Waals surface area contributed by atoms with Gasteiger partial charge >= 0.3 is 0 Å². The van der Waals surface area contributed by atoms with Gasteiger partial charge in [0.1, 0.15) is 33.9 Å². The quantitative estimate of drug-likeness (QED) is 0.389. The van der Waals surface area contributed by atoms with E-state index in [9.17, 15) is 9.65 Å². The molecule has 0 bridgehead atoms. The molecule has 0 amide bonds. The van der Waals surface area contributed by atoms with Gasteiger partial charge in [-0.05, 0) is 75.2 Å². The Labute approximate surface area is 220 Å². The highest BCUT2D eigenvalue weighted by Gasteiger charge is 2.43. The smallest absolute Gasteiger partial charge is 0.192 e. The molecule has 0 unspecified atom stereocenters. The maximum Gasteiger partial charge on any atom is 0.192 e. The number of halogens is 1. The van der Waals surface area contributed by atoms with Gasteiger partial charge < -0.3 is 15.1 Å². The number of piperidine rings is 1. The van der Waals surface area contributed by atoms with Gasteiger partial charge in [-0.3, -0.25) is 4.40 Å². The lowest BCUT2D eigenvalue weighted by Gasteiger charge is -2.53. The van der Waals surface area contributed by atoms with Gasteiger partial charge in [0.2, 0.25) is 0 Å². The molecular weight excluding hydrogens is 485 g/mol. The van der Waals surface area contributed by atoms with E-state index < -0.39 is 0 Å². The lowest BCUT2D eigenvalue weighted by Crippen LogP contribution is -2.60. The molecule has 3 aromatic heterocycles. The lowest BCUT2D eigenvalue weighted by molar-refractivity contribution is 0.150. The first-order valence-corrected chi connectivity index (χ1v) is 13.6. The predicted octanol–water partition coefficient (Wildman–Crippen LogP) is 5.30. The zero-order valence-corrected chi connectivity index (χ0v) is 22.2. The van der Waals surface area contributed by atoms with Crippen molar-refractivity contribution < 1.29 is 4.39 Å². The fourth-order valence-corrected chi connectivity index (χ4v) is 6.58. The van der Waals surface area contributed by atoms with Crippen LogP contribution < -0.4 is 15.1 Å². The van der Waals surface area contributed by atoms with Crippen molar-refractivity contribution in [2.45, 2.75) is 33.1 Å². The molecule has 2 saturated heterocycles. The van der Waals surface area contributed by atoms with E-state index in [4.69, 9.17) is 9.97 Å². The standard InChI is InChI=1S/C28H30FN7S/c1-4-22-26(34(3)27-33-24(23(14-30)37-27)19-5-7-20(29)8-6-19)36-15-21(13-18(2)25(36)32-22)35-16-28(17-35)9-11-31-12-10-28/h5-8,13,15,31H,4,9-12,16-17H2,1-3H3. The molecule has 1 N–H and O–H groups in total. The summed E-state index contributed by atoms with van der Waals surface area (Å²) in [5.41, 5.74) is 6.03. The molecule has 37 heavy (non-hydrogen) atoms. The zero-order valence-electron chi connectivity index (χ0n) is 21.4. The molecule has 2 fully saturated rings. The van der Waals surface area contributed by atoms with Gasteiger partial charge in [0.25, 0.3) is 0 Å². The minimum absolute atomic E-state index is 0.312. The summed E-state index contributed by atoms with van der Waals surface area (Å²) >= 11 is 1.34. The number of hydrogen-bond donors (Lipinski definition) is 1. The first-order valence-electron chi connectivity index (χ1n) is 12.8. The maximum atomic E-state index is 13.5. The average Bonchev–Trinajstić information content (AvgIpc) is 3.50. The van der Waals surface area contributed by atoms with Crippen LogP contribution in [0.5, 0.6) is 0 Å². The summed E-state index contributed by atoms with van der Waals surface area (Å²) in [6.45, 7) is 8.65. The highest BCUT2D eigenvalue weighted by Crippen LogP contribution is 2.42. The number of imidazole rings is 1. The molecule has 9 heteroatoms. The van der Waals surface area contributed by atoms with Crippen LogP contribution in [0.15, 0.2) is 36.5 Å². The number of thiazole rings is 1. The molecule has 0 aliphatic carbocycles. The molecule has 5 heterocycles. The van der Waals surface area contributed by atoms with Crippen molar-refractivity contribution in [1.29, 1.82) is 5.26 Å². The van der Waals surface area contributed by atoms with Crippen LogP contribution in [0.3, 0.4) is 0 Å². The van der Waals surface area contributed by atoms with Crippen molar-refractivity contribution in [3.63, 3.8) is 0 Å². The van der Waals surface area contributed by atoms with Crippen LogP contribution >= 0.6 is 11.3 Å². The fraction of sp³-hybridized carbons (Fsp3) is 0.393. The number of aromatic nitrogens is 3. The van der Waals surface area contributed by atoms with Gasteiger partial charge in [-0.15, -0.1) is 0 Å². The van der Waals surface area contributed by atoms with Crippen LogP contribution in [0.4, 0.5) is 21.0 Å². The second-order valence-corrected chi connectivity index (χ2v) is 11.2. The number of nitrogens with one attached hydrogen (secondary N) is 1. The third kappa shape index (κ3) is 4.05. The summed E-state index contributed by atoms with van der Waals surface area (Å²) in [6.07, 6.45) is 5.46. The number of nitriles is 1. The van der Waals surface area contributed by atoms with Gasteiger partial charge in [0.05, 0.1) is 11.4 Å². The molecule has 7 nitrogen and oxygen atoms in total. The average molecular weight is 516 g/mol. The Morgan fingerprint density at radius 2 is 1.92 bits per heavy atom. The van der Waals surface area contributed by atoms with Crippen LogP contribution in [-0.4, -0.2) is 47.6 Å². The van der Waals surface area contributed by atoms with E-state index in [0.29, 0.717) is 21.1 Å². The minimum atomic E-state index is -0.312. The van der Waals surface area contributed by atoms with Crippen molar-refractivity contribution in [2.24, 2.45) is 5.41 Å². The maximum absolute atomic E-state index is 13.5. The number of pyridine rings is 1. The molecule has 1 aromatic carbocycles. The molecule has 190 valence electrons. The van der Waals surface area contributed by atoms with Gasteiger partial charge in [-0.25, -0.2) is 14.4 Å². The van der Waals surface area contributed by atoms with E-state index in [2.05, 4.69) is 46.8 Å². The third-order valence-electron chi connectivity index (χ3n) is 7.79. The number of fused-ring (bicyclic) bond motifs is 1. The lowest BCUT2D eigenvalue weighted by atomic mass is 9.72. The van der Waals surface area contributed by atoms with E-state index in [1.54, 1.807) is 12.1 Å². The van der Waals surface area contributed by atoms with Crippen molar-refractivity contribution in [3.05, 3.63) is 58.5 Å².